The normalized spacial score (nSPS) is 14.7. The Kier molecular flexibility index (Phi) is 2.74. The molecule has 1 fully saturated rings. The van der Waals surface area contributed by atoms with Gasteiger partial charge in [-0.3, -0.25) is 0 Å². The van der Waals surface area contributed by atoms with Gasteiger partial charge in [-0.15, -0.1) is 0 Å². The maximum absolute atomic E-state index is 5.76. The first kappa shape index (κ1) is 11.2. The monoisotopic (exact) mass is 243 g/mol. The van der Waals surface area contributed by atoms with Gasteiger partial charge in [-0.1, -0.05) is 6.58 Å². The first-order chi connectivity index (χ1) is 8.76. The molecule has 1 aliphatic carbocycles. The van der Waals surface area contributed by atoms with E-state index in [-0.39, 0.29) is 0 Å². The van der Waals surface area contributed by atoms with Crippen LogP contribution in [0.1, 0.15) is 18.5 Å². The summed E-state index contributed by atoms with van der Waals surface area (Å²) in [5, 5.41) is 1.14. The first-order valence-corrected chi connectivity index (χ1v) is 6.25. The molecule has 94 valence electrons. The smallest absolute Gasteiger partial charge is 0.135 e. The highest BCUT2D eigenvalue weighted by atomic mass is 16.5. The van der Waals surface area contributed by atoms with Crippen LogP contribution in [0.4, 0.5) is 0 Å². The van der Waals surface area contributed by atoms with Crippen LogP contribution in [0.2, 0.25) is 0 Å². The van der Waals surface area contributed by atoms with E-state index in [0.717, 1.165) is 34.9 Å². The summed E-state index contributed by atoms with van der Waals surface area (Å²) in [6.45, 7) is 4.68. The number of hydrogen-bond donors (Lipinski definition) is 1. The van der Waals surface area contributed by atoms with Gasteiger partial charge in [-0.2, -0.15) is 0 Å². The van der Waals surface area contributed by atoms with Crippen LogP contribution in [0, 0.1) is 5.92 Å². The zero-order valence-electron chi connectivity index (χ0n) is 10.5. The lowest BCUT2D eigenvalue weighted by atomic mass is 10.2. The van der Waals surface area contributed by atoms with Crippen LogP contribution in [-0.2, 0) is 4.74 Å². The second kappa shape index (κ2) is 4.41. The lowest BCUT2D eigenvalue weighted by molar-refractivity contribution is 0.300. The molecule has 18 heavy (non-hydrogen) atoms. The van der Waals surface area contributed by atoms with E-state index in [2.05, 4.69) is 17.6 Å². The Hall–Kier alpha value is -1.90. The van der Waals surface area contributed by atoms with Crippen molar-refractivity contribution in [1.82, 2.24) is 4.98 Å². The highest BCUT2D eigenvalue weighted by Gasteiger charge is 2.21. The minimum absolute atomic E-state index is 0.645. The van der Waals surface area contributed by atoms with Crippen molar-refractivity contribution < 1.29 is 9.47 Å². The summed E-state index contributed by atoms with van der Waals surface area (Å²) in [5.74, 6) is 2.34. The van der Waals surface area contributed by atoms with Crippen molar-refractivity contribution in [3.05, 3.63) is 36.5 Å². The molecule has 1 aromatic heterocycles. The number of aromatic amines is 1. The lowest BCUT2D eigenvalue weighted by Gasteiger charge is -2.04. The molecule has 0 saturated heterocycles. The number of ether oxygens (including phenoxy) is 2. The van der Waals surface area contributed by atoms with Crippen LogP contribution >= 0.6 is 0 Å². The molecule has 0 spiro atoms. The number of benzene rings is 1. The molecule has 3 rings (SSSR count). The second-order valence-electron chi connectivity index (χ2n) is 4.81. The molecule has 3 nitrogen and oxygen atoms in total. The van der Waals surface area contributed by atoms with Gasteiger partial charge >= 0.3 is 0 Å². The van der Waals surface area contributed by atoms with Crippen LogP contribution in [0.5, 0.6) is 5.75 Å². The largest absolute Gasteiger partial charge is 0.495 e. The molecular weight excluding hydrogens is 226 g/mol. The molecule has 1 aromatic carbocycles. The van der Waals surface area contributed by atoms with Crippen molar-refractivity contribution in [2.24, 2.45) is 5.92 Å². The fourth-order valence-corrected chi connectivity index (χ4v) is 1.95. The summed E-state index contributed by atoms with van der Waals surface area (Å²) < 4.78 is 10.9. The van der Waals surface area contributed by atoms with Crippen molar-refractivity contribution in [1.29, 1.82) is 0 Å². The zero-order chi connectivity index (χ0) is 12.5. The number of rotatable bonds is 5. The molecule has 1 N–H and O–H groups in total. The molecular formula is C15H17NO2. The minimum atomic E-state index is 0.645. The number of aromatic nitrogens is 1. The molecule has 0 atom stereocenters. The molecule has 1 saturated carbocycles. The van der Waals surface area contributed by atoms with Crippen molar-refractivity contribution in [2.45, 2.75) is 12.8 Å². The molecule has 3 heteroatoms. The fraction of sp³-hybridized carbons (Fsp3) is 0.333. The molecule has 1 aliphatic rings. The Morgan fingerprint density at radius 1 is 1.39 bits per heavy atom. The van der Waals surface area contributed by atoms with Gasteiger partial charge in [-0.05, 0) is 37.0 Å². The first-order valence-electron chi connectivity index (χ1n) is 6.25. The van der Waals surface area contributed by atoms with Crippen LogP contribution < -0.4 is 4.74 Å². The summed E-state index contributed by atoms with van der Waals surface area (Å²) >= 11 is 0. The summed E-state index contributed by atoms with van der Waals surface area (Å²) in [7, 11) is 1.62. The number of hydrogen-bond acceptors (Lipinski definition) is 2. The minimum Gasteiger partial charge on any atom is -0.495 e. The van der Waals surface area contributed by atoms with Crippen molar-refractivity contribution in [3.8, 4) is 5.75 Å². The van der Waals surface area contributed by atoms with E-state index in [1.807, 2.05) is 18.2 Å². The highest BCUT2D eigenvalue weighted by Crippen LogP contribution is 2.30. The van der Waals surface area contributed by atoms with Crippen molar-refractivity contribution in [3.63, 3.8) is 0 Å². The van der Waals surface area contributed by atoms with Crippen LogP contribution in [-0.4, -0.2) is 18.7 Å². The van der Waals surface area contributed by atoms with Gasteiger partial charge in [0, 0.05) is 17.0 Å². The van der Waals surface area contributed by atoms with Gasteiger partial charge in [0.2, 0.25) is 0 Å². The van der Waals surface area contributed by atoms with E-state index in [4.69, 9.17) is 9.47 Å². The quantitative estimate of drug-likeness (QED) is 0.814. The summed E-state index contributed by atoms with van der Waals surface area (Å²) in [6, 6.07) is 8.13. The zero-order valence-corrected chi connectivity index (χ0v) is 10.5. The van der Waals surface area contributed by atoms with Gasteiger partial charge in [-0.25, -0.2) is 0 Å². The van der Waals surface area contributed by atoms with Gasteiger partial charge in [0.25, 0.3) is 0 Å². The maximum atomic E-state index is 5.76. The summed E-state index contributed by atoms with van der Waals surface area (Å²) in [6.07, 6.45) is 2.62. The van der Waals surface area contributed by atoms with Crippen LogP contribution in [0.3, 0.4) is 0 Å². The molecule has 0 radical (unpaired) electrons. The number of H-pyrrole nitrogens is 1. The van der Waals surface area contributed by atoms with E-state index in [0.29, 0.717) is 5.76 Å². The summed E-state index contributed by atoms with van der Waals surface area (Å²) in [4.78, 5) is 3.29. The Morgan fingerprint density at radius 2 is 2.22 bits per heavy atom. The van der Waals surface area contributed by atoms with Gasteiger partial charge in [0.1, 0.15) is 11.5 Å². The van der Waals surface area contributed by atoms with Crippen LogP contribution in [0.25, 0.3) is 16.7 Å². The Morgan fingerprint density at radius 3 is 2.94 bits per heavy atom. The van der Waals surface area contributed by atoms with E-state index >= 15 is 0 Å². The SMILES string of the molecule is C=C(OC)c1cc2ccc(OCC3CC3)cc2[nH]1. The topological polar surface area (TPSA) is 34.2 Å². The van der Waals surface area contributed by atoms with Crippen molar-refractivity contribution in [2.75, 3.05) is 13.7 Å². The van der Waals surface area contributed by atoms with E-state index in [9.17, 15) is 0 Å². The lowest BCUT2D eigenvalue weighted by Crippen LogP contribution is -1.98. The third-order valence-electron chi connectivity index (χ3n) is 3.32. The Balaban J connectivity index is 1.83. The predicted molar refractivity (Wildman–Crippen MR) is 72.6 cm³/mol. The number of methoxy groups -OCH3 is 1. The number of fused-ring (bicyclic) bond motifs is 1. The molecule has 0 amide bonds. The van der Waals surface area contributed by atoms with Gasteiger partial charge < -0.3 is 14.5 Å². The average molecular weight is 243 g/mol. The average Bonchev–Trinajstić information content (AvgIpc) is 3.12. The summed E-state index contributed by atoms with van der Waals surface area (Å²) in [5.41, 5.74) is 1.96. The Labute approximate surface area is 106 Å². The molecule has 0 unspecified atom stereocenters. The standard InChI is InChI=1S/C15H17NO2/c1-10(17-2)14-7-12-5-6-13(8-15(12)16-14)18-9-11-3-4-11/h5-8,11,16H,1,3-4,9H2,2H3. The third kappa shape index (κ3) is 2.21. The molecule has 2 aromatic rings. The molecule has 0 aliphatic heterocycles. The van der Waals surface area contributed by atoms with Crippen LogP contribution in [0.15, 0.2) is 30.8 Å². The molecule has 0 bridgehead atoms. The van der Waals surface area contributed by atoms with E-state index < -0.39 is 0 Å². The number of nitrogens with one attached hydrogen (secondary N) is 1. The second-order valence-corrected chi connectivity index (χ2v) is 4.81. The Bertz CT molecular complexity index is 581. The van der Waals surface area contributed by atoms with E-state index in [1.54, 1.807) is 7.11 Å². The van der Waals surface area contributed by atoms with Crippen molar-refractivity contribution >= 4 is 16.7 Å². The highest BCUT2D eigenvalue weighted by molar-refractivity contribution is 5.84. The third-order valence-corrected chi connectivity index (χ3v) is 3.32. The maximum Gasteiger partial charge on any atom is 0.135 e. The molecule has 1 heterocycles. The van der Waals surface area contributed by atoms with Gasteiger partial charge in [0.05, 0.1) is 19.4 Å². The van der Waals surface area contributed by atoms with Gasteiger partial charge in [0.15, 0.2) is 0 Å². The van der Waals surface area contributed by atoms with E-state index in [1.165, 1.54) is 12.8 Å². The predicted octanol–water partition coefficient (Wildman–Crippen LogP) is 3.57. The fourth-order valence-electron chi connectivity index (χ4n) is 1.95.